The highest BCUT2D eigenvalue weighted by Crippen LogP contribution is 2.50. The molecule has 0 saturated heterocycles. The maximum Gasteiger partial charge on any atom is 0.134 e. The number of nitrogens with zero attached hydrogens (tertiary/aromatic N) is 2. The average molecular weight is 445 g/mol. The van der Waals surface area contributed by atoms with E-state index >= 15 is 0 Å². The largest absolute Gasteiger partial charge is 0.488 e. The van der Waals surface area contributed by atoms with Crippen molar-refractivity contribution in [2.24, 2.45) is 0 Å². The summed E-state index contributed by atoms with van der Waals surface area (Å²) >= 11 is 0. The van der Waals surface area contributed by atoms with E-state index in [1.807, 2.05) is 24.4 Å². The third kappa shape index (κ3) is 5.05. The molecule has 0 atom stereocenters. The Labute approximate surface area is 198 Å². The Morgan fingerprint density at radius 1 is 1.03 bits per heavy atom. The van der Waals surface area contributed by atoms with Gasteiger partial charge >= 0.3 is 0 Å². The van der Waals surface area contributed by atoms with Gasteiger partial charge < -0.3 is 9.47 Å². The summed E-state index contributed by atoms with van der Waals surface area (Å²) in [7, 11) is 0. The van der Waals surface area contributed by atoms with Gasteiger partial charge in [0.05, 0.1) is 11.3 Å². The Morgan fingerprint density at radius 3 is 2.58 bits per heavy atom. The molecule has 1 aliphatic rings. The van der Waals surface area contributed by atoms with Crippen LogP contribution >= 0.6 is 0 Å². The zero-order chi connectivity index (χ0) is 23.5. The zero-order valence-corrected chi connectivity index (χ0v) is 20.6. The van der Waals surface area contributed by atoms with E-state index in [1.165, 1.54) is 31.2 Å². The van der Waals surface area contributed by atoms with Crippen LogP contribution in [0.25, 0.3) is 11.3 Å². The van der Waals surface area contributed by atoms with Gasteiger partial charge in [0.15, 0.2) is 0 Å². The number of hydrogen-bond acceptors (Lipinski definition) is 4. The van der Waals surface area contributed by atoms with Gasteiger partial charge in [0.1, 0.15) is 30.0 Å². The molecule has 0 spiro atoms. The Balaban J connectivity index is 1.76. The molecule has 174 valence electrons. The number of ether oxygens (including phenoxy) is 2. The van der Waals surface area contributed by atoms with E-state index < -0.39 is 5.60 Å². The van der Waals surface area contributed by atoms with Crippen molar-refractivity contribution in [1.29, 1.82) is 0 Å². The molecule has 0 N–H and O–H groups in total. The van der Waals surface area contributed by atoms with Crippen molar-refractivity contribution in [1.82, 2.24) is 9.97 Å². The lowest BCUT2D eigenvalue weighted by Crippen LogP contribution is -2.30. The van der Waals surface area contributed by atoms with Crippen LogP contribution in [0.1, 0.15) is 83.4 Å². The fourth-order valence-corrected chi connectivity index (χ4v) is 4.58. The SMILES string of the molecule is CCCCCCC(C)(C)c1cc(OCc2ccccc2)c2c(c1)OC(C)(C)c1cncnc1-2. The summed E-state index contributed by atoms with van der Waals surface area (Å²) in [5, 5.41) is 0. The monoisotopic (exact) mass is 444 g/mol. The summed E-state index contributed by atoms with van der Waals surface area (Å²) < 4.78 is 13.0. The Hall–Kier alpha value is -2.88. The van der Waals surface area contributed by atoms with Crippen molar-refractivity contribution in [2.45, 2.75) is 84.3 Å². The van der Waals surface area contributed by atoms with Crippen LogP contribution in [0.5, 0.6) is 11.5 Å². The highest BCUT2D eigenvalue weighted by atomic mass is 16.5. The lowest BCUT2D eigenvalue weighted by atomic mass is 9.78. The maximum atomic E-state index is 6.56. The molecule has 3 aromatic rings. The first-order valence-corrected chi connectivity index (χ1v) is 12.2. The summed E-state index contributed by atoms with van der Waals surface area (Å²) in [5.74, 6) is 1.66. The standard InChI is InChI=1S/C29H36N2O2/c1-6-7-8-12-15-28(2,3)22-16-24(32-19-21-13-10-9-11-14-21)26-25(17-22)33-29(4,5)23-18-30-20-31-27(23)26/h9-11,13-14,16-18,20H,6-8,12,15,19H2,1-5H3. The highest BCUT2D eigenvalue weighted by molar-refractivity contribution is 5.79. The molecular weight excluding hydrogens is 408 g/mol. The van der Waals surface area contributed by atoms with E-state index in [4.69, 9.17) is 9.47 Å². The van der Waals surface area contributed by atoms with Crippen molar-refractivity contribution >= 4 is 0 Å². The number of aromatic nitrogens is 2. The molecule has 1 aromatic heterocycles. The molecule has 0 amide bonds. The maximum absolute atomic E-state index is 6.56. The second-order valence-electron chi connectivity index (χ2n) is 10.2. The molecule has 0 unspecified atom stereocenters. The number of hydrogen-bond donors (Lipinski definition) is 0. The minimum Gasteiger partial charge on any atom is -0.488 e. The summed E-state index contributed by atoms with van der Waals surface area (Å²) in [4.78, 5) is 8.93. The van der Waals surface area contributed by atoms with E-state index in [9.17, 15) is 0 Å². The minimum absolute atomic E-state index is 0.0209. The molecular formula is C29H36N2O2. The van der Waals surface area contributed by atoms with Crippen molar-refractivity contribution in [3.63, 3.8) is 0 Å². The lowest BCUT2D eigenvalue weighted by molar-refractivity contribution is 0.103. The molecule has 1 aliphatic heterocycles. The first-order valence-electron chi connectivity index (χ1n) is 12.2. The highest BCUT2D eigenvalue weighted by Gasteiger charge is 2.37. The molecule has 0 radical (unpaired) electrons. The zero-order valence-electron chi connectivity index (χ0n) is 20.6. The minimum atomic E-state index is -0.510. The van der Waals surface area contributed by atoms with Gasteiger partial charge in [0.25, 0.3) is 0 Å². The summed E-state index contributed by atoms with van der Waals surface area (Å²) in [6.07, 6.45) is 9.64. The summed E-state index contributed by atoms with van der Waals surface area (Å²) in [5.41, 5.74) is 4.69. The molecule has 33 heavy (non-hydrogen) atoms. The fourth-order valence-electron chi connectivity index (χ4n) is 4.58. The molecule has 0 saturated carbocycles. The second kappa shape index (κ2) is 9.54. The van der Waals surface area contributed by atoms with Crippen LogP contribution in [-0.2, 0) is 17.6 Å². The van der Waals surface area contributed by atoms with Gasteiger partial charge in [-0.3, -0.25) is 0 Å². The van der Waals surface area contributed by atoms with Crippen molar-refractivity contribution < 1.29 is 9.47 Å². The van der Waals surface area contributed by atoms with E-state index in [-0.39, 0.29) is 5.41 Å². The van der Waals surface area contributed by atoms with E-state index in [2.05, 4.69) is 68.9 Å². The molecule has 2 heterocycles. The van der Waals surface area contributed by atoms with Crippen molar-refractivity contribution in [2.75, 3.05) is 0 Å². The molecule has 0 fully saturated rings. The molecule has 4 nitrogen and oxygen atoms in total. The van der Waals surface area contributed by atoms with Crippen LogP contribution in [0.15, 0.2) is 55.0 Å². The van der Waals surface area contributed by atoms with E-state index in [0.29, 0.717) is 6.61 Å². The molecule has 4 rings (SSSR count). The fraction of sp³-hybridized carbons (Fsp3) is 0.448. The molecule has 4 heteroatoms. The van der Waals surface area contributed by atoms with Crippen LogP contribution in [-0.4, -0.2) is 9.97 Å². The Kier molecular flexibility index (Phi) is 6.73. The van der Waals surface area contributed by atoms with Crippen LogP contribution in [0.3, 0.4) is 0 Å². The Morgan fingerprint density at radius 2 is 1.82 bits per heavy atom. The topological polar surface area (TPSA) is 44.2 Å². The lowest BCUT2D eigenvalue weighted by Gasteiger charge is -2.36. The van der Waals surface area contributed by atoms with Gasteiger partial charge in [-0.2, -0.15) is 0 Å². The van der Waals surface area contributed by atoms with Gasteiger partial charge in [-0.05, 0) is 48.9 Å². The van der Waals surface area contributed by atoms with Crippen molar-refractivity contribution in [3.05, 3.63) is 71.7 Å². The first-order chi connectivity index (χ1) is 15.8. The van der Waals surface area contributed by atoms with Gasteiger partial charge in [0.2, 0.25) is 0 Å². The number of benzene rings is 2. The van der Waals surface area contributed by atoms with Gasteiger partial charge in [0, 0.05) is 11.8 Å². The number of rotatable bonds is 9. The predicted octanol–water partition coefficient (Wildman–Crippen LogP) is 7.60. The van der Waals surface area contributed by atoms with Crippen molar-refractivity contribution in [3.8, 4) is 22.8 Å². The quantitative estimate of drug-likeness (QED) is 0.319. The van der Waals surface area contributed by atoms with E-state index in [1.54, 1.807) is 6.33 Å². The average Bonchev–Trinajstić information content (AvgIpc) is 2.80. The normalized spacial score (nSPS) is 14.2. The Bertz CT molecular complexity index is 1090. The van der Waals surface area contributed by atoms with Crippen LogP contribution in [0.2, 0.25) is 0 Å². The summed E-state index contributed by atoms with van der Waals surface area (Å²) in [6, 6.07) is 14.7. The molecule has 0 aliphatic carbocycles. The van der Waals surface area contributed by atoms with Gasteiger partial charge in [-0.1, -0.05) is 76.8 Å². The second-order valence-corrected chi connectivity index (χ2v) is 10.2. The van der Waals surface area contributed by atoms with Crippen LogP contribution in [0.4, 0.5) is 0 Å². The number of unbranched alkanes of at least 4 members (excludes halogenated alkanes) is 3. The van der Waals surface area contributed by atoms with Gasteiger partial charge in [-0.25, -0.2) is 9.97 Å². The molecule has 2 aromatic carbocycles. The third-order valence-corrected chi connectivity index (χ3v) is 6.70. The summed E-state index contributed by atoms with van der Waals surface area (Å²) in [6.45, 7) is 11.6. The van der Waals surface area contributed by atoms with Crippen LogP contribution < -0.4 is 9.47 Å². The number of fused-ring (bicyclic) bond motifs is 3. The van der Waals surface area contributed by atoms with Gasteiger partial charge in [-0.15, -0.1) is 0 Å². The van der Waals surface area contributed by atoms with Crippen LogP contribution in [0, 0.1) is 0 Å². The predicted molar refractivity (Wildman–Crippen MR) is 134 cm³/mol. The third-order valence-electron chi connectivity index (χ3n) is 6.70. The smallest absolute Gasteiger partial charge is 0.134 e. The van der Waals surface area contributed by atoms with E-state index in [0.717, 1.165) is 40.3 Å². The first kappa shape index (κ1) is 23.3. The molecule has 0 bridgehead atoms.